The summed E-state index contributed by atoms with van der Waals surface area (Å²) in [7, 11) is 0. The Morgan fingerprint density at radius 3 is 2.43 bits per heavy atom. The molecule has 1 atom stereocenters. The van der Waals surface area contributed by atoms with Gasteiger partial charge < -0.3 is 15.8 Å². The molecule has 1 unspecified atom stereocenters. The first-order valence-electron chi connectivity index (χ1n) is 9.76. The average molecular weight is 423 g/mol. The number of benzene rings is 2. The Bertz CT molecular complexity index is 958. The van der Waals surface area contributed by atoms with Crippen LogP contribution in [0.1, 0.15) is 17.7 Å². The fraction of sp³-hybridized carbons (Fsp3) is 0.261. The van der Waals surface area contributed by atoms with Crippen LogP contribution < -0.4 is 11.1 Å². The highest BCUT2D eigenvalue weighted by molar-refractivity contribution is 7.99. The first kappa shape index (κ1) is 21.8. The maximum Gasteiger partial charge on any atom is 0.211 e. The van der Waals surface area contributed by atoms with Crippen molar-refractivity contribution in [3.8, 4) is 11.3 Å². The second kappa shape index (κ2) is 10.8. The van der Waals surface area contributed by atoms with Crippen LogP contribution in [-0.2, 0) is 9.53 Å². The molecule has 30 heavy (non-hydrogen) atoms. The molecule has 3 aromatic rings. The van der Waals surface area contributed by atoms with Crippen LogP contribution in [0.2, 0.25) is 0 Å². The Hall–Kier alpha value is -2.90. The monoisotopic (exact) mass is 422 g/mol. The molecule has 7 heteroatoms. The van der Waals surface area contributed by atoms with Crippen molar-refractivity contribution in [2.45, 2.75) is 31.3 Å². The molecule has 2 aromatic carbocycles. The lowest BCUT2D eigenvalue weighted by atomic mass is 10.1. The van der Waals surface area contributed by atoms with Gasteiger partial charge in [-0.05, 0) is 44.5 Å². The molecular weight excluding hydrogens is 396 g/mol. The lowest BCUT2D eigenvalue weighted by Gasteiger charge is -2.25. The van der Waals surface area contributed by atoms with Gasteiger partial charge in [0.2, 0.25) is 6.41 Å². The van der Waals surface area contributed by atoms with E-state index in [1.807, 2.05) is 43.3 Å². The summed E-state index contributed by atoms with van der Waals surface area (Å²) in [5.41, 5.74) is 10.4. The molecule has 1 saturated heterocycles. The highest BCUT2D eigenvalue weighted by Gasteiger charge is 2.17. The quantitative estimate of drug-likeness (QED) is 0.450. The number of nitrogens with two attached hydrogens (primary N) is 1. The van der Waals surface area contributed by atoms with Crippen LogP contribution >= 0.6 is 11.8 Å². The molecule has 0 bridgehead atoms. The summed E-state index contributed by atoms with van der Waals surface area (Å²) in [5, 5.41) is 2.61. The van der Waals surface area contributed by atoms with Gasteiger partial charge >= 0.3 is 0 Å². The van der Waals surface area contributed by atoms with Crippen LogP contribution in [-0.4, -0.2) is 34.8 Å². The van der Waals surface area contributed by atoms with Gasteiger partial charge in [-0.2, -0.15) is 0 Å². The number of anilines is 2. The molecule has 1 aliphatic rings. The molecule has 0 aliphatic carbocycles. The Kier molecular flexibility index (Phi) is 7.82. The van der Waals surface area contributed by atoms with Crippen LogP contribution in [0.15, 0.2) is 59.6 Å². The van der Waals surface area contributed by atoms with E-state index in [0.717, 1.165) is 35.0 Å². The van der Waals surface area contributed by atoms with Gasteiger partial charge in [-0.3, -0.25) is 4.79 Å². The van der Waals surface area contributed by atoms with E-state index in [9.17, 15) is 4.79 Å². The highest BCUT2D eigenvalue weighted by Crippen LogP contribution is 2.25. The van der Waals surface area contributed by atoms with Gasteiger partial charge in [0.15, 0.2) is 0 Å². The van der Waals surface area contributed by atoms with Crippen molar-refractivity contribution in [3.05, 3.63) is 66.0 Å². The van der Waals surface area contributed by atoms with E-state index in [2.05, 4.69) is 34.3 Å². The zero-order valence-electron chi connectivity index (χ0n) is 17.2. The van der Waals surface area contributed by atoms with Crippen LogP contribution in [0.25, 0.3) is 11.3 Å². The number of hydrogen-bond acceptors (Lipinski definition) is 6. The molecule has 6 nitrogen and oxygen atoms in total. The van der Waals surface area contributed by atoms with Crippen LogP contribution in [0.4, 0.5) is 11.5 Å². The number of nitrogens with one attached hydrogen (secondary N) is 1. The van der Waals surface area contributed by atoms with Crippen molar-refractivity contribution >= 4 is 29.7 Å². The van der Waals surface area contributed by atoms with Crippen LogP contribution in [0, 0.1) is 13.8 Å². The smallest absolute Gasteiger partial charge is 0.211 e. The number of carbonyl (C=O) groups is 1. The largest absolute Gasteiger partial charge is 0.382 e. The minimum atomic E-state index is 0.433. The van der Waals surface area contributed by atoms with E-state index in [1.165, 1.54) is 16.9 Å². The van der Waals surface area contributed by atoms with E-state index in [-0.39, 0.29) is 0 Å². The third-order valence-corrected chi connectivity index (χ3v) is 5.79. The van der Waals surface area contributed by atoms with Gasteiger partial charge in [0.25, 0.3) is 0 Å². The first-order chi connectivity index (χ1) is 14.5. The number of ether oxygens (including phenoxy) is 1. The van der Waals surface area contributed by atoms with Gasteiger partial charge in [-0.15, -0.1) is 11.8 Å². The highest BCUT2D eigenvalue weighted by atomic mass is 32.2. The number of nitrogens with zero attached hydrogens (tertiary/aromatic N) is 2. The minimum Gasteiger partial charge on any atom is -0.382 e. The fourth-order valence-electron chi connectivity index (χ4n) is 2.67. The predicted molar refractivity (Wildman–Crippen MR) is 123 cm³/mol. The normalized spacial score (nSPS) is 14.8. The fourth-order valence-corrected chi connectivity index (χ4v) is 3.64. The molecule has 4 rings (SSSR count). The summed E-state index contributed by atoms with van der Waals surface area (Å²) in [6.07, 6.45) is 4.00. The second-order valence-electron chi connectivity index (χ2n) is 6.97. The van der Waals surface area contributed by atoms with Crippen molar-refractivity contribution in [2.75, 3.05) is 23.4 Å². The maximum absolute atomic E-state index is 10.2. The maximum atomic E-state index is 10.2. The standard InChI is InChI=1S/C12H13N3.C11H13NO2S/c1-8-3-5-10(6-4-8)11-7-14-12(13)9(2)15-11;13-8-12-9-1-3-11(4-2-9)15-7-10-5-6-14-10/h3-7H,1-2H3,(H2,13,14);1-4,8,10H,5-7H2,(H,12,13). The number of thioether (sulfide) groups is 1. The number of nitrogen functional groups attached to an aromatic ring is 1. The molecular formula is C23H26N4O2S. The number of carbonyl (C=O) groups excluding carboxylic acids is 1. The van der Waals surface area contributed by atoms with Crippen LogP contribution in [0.3, 0.4) is 0 Å². The Morgan fingerprint density at radius 2 is 1.87 bits per heavy atom. The lowest BCUT2D eigenvalue weighted by Crippen LogP contribution is -2.28. The predicted octanol–water partition coefficient (Wildman–Crippen LogP) is 4.48. The van der Waals surface area contributed by atoms with E-state index < -0.39 is 0 Å². The van der Waals surface area contributed by atoms with E-state index in [4.69, 9.17) is 10.5 Å². The summed E-state index contributed by atoms with van der Waals surface area (Å²) in [5.74, 6) is 1.51. The Labute approximate surface area is 181 Å². The van der Waals surface area contributed by atoms with Crippen molar-refractivity contribution in [2.24, 2.45) is 0 Å². The number of amides is 1. The molecule has 1 aromatic heterocycles. The second-order valence-corrected chi connectivity index (χ2v) is 8.06. The van der Waals surface area contributed by atoms with Gasteiger partial charge in [-0.1, -0.05) is 29.8 Å². The summed E-state index contributed by atoms with van der Waals surface area (Å²) >= 11 is 1.79. The third-order valence-electron chi connectivity index (χ3n) is 4.64. The zero-order valence-corrected chi connectivity index (χ0v) is 18.0. The number of rotatable bonds is 6. The summed E-state index contributed by atoms with van der Waals surface area (Å²) < 4.78 is 5.34. The van der Waals surface area contributed by atoms with Crippen molar-refractivity contribution in [3.63, 3.8) is 0 Å². The van der Waals surface area contributed by atoms with Crippen molar-refractivity contribution in [1.29, 1.82) is 0 Å². The van der Waals surface area contributed by atoms with E-state index in [0.29, 0.717) is 18.3 Å². The molecule has 1 amide bonds. The number of aromatic nitrogens is 2. The molecule has 156 valence electrons. The minimum absolute atomic E-state index is 0.433. The van der Waals surface area contributed by atoms with Gasteiger partial charge in [0.1, 0.15) is 5.82 Å². The summed E-state index contributed by atoms with van der Waals surface area (Å²) in [6, 6.07) is 16.0. The molecule has 0 spiro atoms. The first-order valence-corrected chi connectivity index (χ1v) is 10.7. The number of aryl methyl sites for hydroxylation is 2. The SMILES string of the molecule is Cc1ccc(-c2cnc(N)c(C)n2)cc1.O=CNc1ccc(SCC2CCO2)cc1. The topological polar surface area (TPSA) is 90.1 Å². The molecule has 3 N–H and O–H groups in total. The zero-order chi connectivity index (χ0) is 21.3. The Morgan fingerprint density at radius 1 is 1.17 bits per heavy atom. The molecule has 2 heterocycles. The van der Waals surface area contributed by atoms with Crippen molar-refractivity contribution < 1.29 is 9.53 Å². The molecule has 1 aliphatic heterocycles. The lowest BCUT2D eigenvalue weighted by molar-refractivity contribution is -0.105. The Balaban J connectivity index is 0.000000171. The summed E-state index contributed by atoms with van der Waals surface area (Å²) in [4.78, 5) is 19.9. The molecule has 0 radical (unpaired) electrons. The molecule has 1 fully saturated rings. The van der Waals surface area contributed by atoms with Gasteiger partial charge in [0, 0.05) is 28.5 Å². The van der Waals surface area contributed by atoms with Gasteiger partial charge in [0.05, 0.1) is 23.7 Å². The molecule has 0 saturated carbocycles. The van der Waals surface area contributed by atoms with E-state index >= 15 is 0 Å². The number of hydrogen-bond donors (Lipinski definition) is 2. The third kappa shape index (κ3) is 6.30. The van der Waals surface area contributed by atoms with E-state index in [1.54, 1.807) is 18.0 Å². The average Bonchev–Trinajstić information content (AvgIpc) is 2.72. The van der Waals surface area contributed by atoms with Crippen molar-refractivity contribution in [1.82, 2.24) is 9.97 Å². The summed E-state index contributed by atoms with van der Waals surface area (Å²) in [6.45, 7) is 4.83. The van der Waals surface area contributed by atoms with Gasteiger partial charge in [-0.25, -0.2) is 9.97 Å². The van der Waals surface area contributed by atoms with Crippen LogP contribution in [0.5, 0.6) is 0 Å².